The average molecular weight is 217 g/mol. The standard InChI is InChI=1S/C10H19NO4/c1-8(3-5-14-2)11-4-6-15-7-9(11)10(12)13/h8-9H,3-7H2,1-2H3,(H,12,13). The molecule has 1 rings (SSSR count). The van der Waals surface area contributed by atoms with E-state index < -0.39 is 12.0 Å². The minimum absolute atomic E-state index is 0.218. The molecule has 1 heterocycles. The van der Waals surface area contributed by atoms with Gasteiger partial charge in [-0.15, -0.1) is 0 Å². The molecule has 0 amide bonds. The summed E-state index contributed by atoms with van der Waals surface area (Å²) in [6.07, 6.45) is 0.848. The summed E-state index contributed by atoms with van der Waals surface area (Å²) in [7, 11) is 1.65. The van der Waals surface area contributed by atoms with E-state index in [1.807, 2.05) is 11.8 Å². The van der Waals surface area contributed by atoms with Gasteiger partial charge in [-0.3, -0.25) is 9.69 Å². The van der Waals surface area contributed by atoms with Crippen LogP contribution in [-0.2, 0) is 14.3 Å². The molecule has 15 heavy (non-hydrogen) atoms. The van der Waals surface area contributed by atoms with E-state index in [4.69, 9.17) is 14.6 Å². The van der Waals surface area contributed by atoms with Crippen LogP contribution in [0.25, 0.3) is 0 Å². The van der Waals surface area contributed by atoms with E-state index in [-0.39, 0.29) is 12.6 Å². The number of aliphatic carboxylic acids is 1. The topological polar surface area (TPSA) is 59.0 Å². The van der Waals surface area contributed by atoms with Gasteiger partial charge in [-0.25, -0.2) is 0 Å². The highest BCUT2D eigenvalue weighted by Gasteiger charge is 2.31. The third-order valence-electron chi connectivity index (χ3n) is 2.76. The molecule has 88 valence electrons. The van der Waals surface area contributed by atoms with Gasteiger partial charge in [0, 0.05) is 26.3 Å². The Morgan fingerprint density at radius 3 is 3.07 bits per heavy atom. The van der Waals surface area contributed by atoms with E-state index in [0.717, 1.165) is 6.42 Å². The normalized spacial score (nSPS) is 25.1. The second-order valence-corrected chi connectivity index (χ2v) is 3.80. The summed E-state index contributed by atoms with van der Waals surface area (Å²) in [4.78, 5) is 13.0. The lowest BCUT2D eigenvalue weighted by atomic mass is 10.1. The molecule has 0 aromatic heterocycles. The molecular weight excluding hydrogens is 198 g/mol. The van der Waals surface area contributed by atoms with Crippen LogP contribution in [0.15, 0.2) is 0 Å². The first-order chi connectivity index (χ1) is 7.16. The molecule has 1 N–H and O–H groups in total. The monoisotopic (exact) mass is 217 g/mol. The van der Waals surface area contributed by atoms with E-state index in [9.17, 15) is 4.79 Å². The molecule has 0 spiro atoms. The predicted molar refractivity (Wildman–Crippen MR) is 54.9 cm³/mol. The van der Waals surface area contributed by atoms with Crippen LogP contribution in [-0.4, -0.2) is 61.5 Å². The zero-order chi connectivity index (χ0) is 11.3. The first-order valence-corrected chi connectivity index (χ1v) is 5.22. The molecule has 5 nitrogen and oxygen atoms in total. The maximum atomic E-state index is 11.0. The van der Waals surface area contributed by atoms with Crippen LogP contribution < -0.4 is 0 Å². The minimum atomic E-state index is -0.807. The third kappa shape index (κ3) is 3.44. The maximum Gasteiger partial charge on any atom is 0.323 e. The van der Waals surface area contributed by atoms with Crippen molar-refractivity contribution in [2.75, 3.05) is 33.5 Å². The van der Waals surface area contributed by atoms with Crippen molar-refractivity contribution in [3.05, 3.63) is 0 Å². The molecule has 1 aliphatic heterocycles. The minimum Gasteiger partial charge on any atom is -0.480 e. The van der Waals surface area contributed by atoms with Gasteiger partial charge in [0.25, 0.3) is 0 Å². The lowest BCUT2D eigenvalue weighted by Gasteiger charge is -2.37. The summed E-state index contributed by atoms with van der Waals surface area (Å²) < 4.78 is 10.2. The molecule has 1 aliphatic rings. The SMILES string of the molecule is COCCC(C)N1CCOCC1C(=O)O. The highest BCUT2D eigenvalue weighted by atomic mass is 16.5. The Kier molecular flexibility index (Phi) is 5.01. The van der Waals surface area contributed by atoms with Crippen molar-refractivity contribution in [2.45, 2.75) is 25.4 Å². The van der Waals surface area contributed by atoms with Crippen LogP contribution in [0.1, 0.15) is 13.3 Å². The fourth-order valence-electron chi connectivity index (χ4n) is 1.81. The van der Waals surface area contributed by atoms with Crippen molar-refractivity contribution in [3.8, 4) is 0 Å². The fourth-order valence-corrected chi connectivity index (χ4v) is 1.81. The van der Waals surface area contributed by atoms with Gasteiger partial charge in [0.15, 0.2) is 0 Å². The number of nitrogens with zero attached hydrogens (tertiary/aromatic N) is 1. The Bertz CT molecular complexity index is 210. The number of hydrogen-bond acceptors (Lipinski definition) is 4. The summed E-state index contributed by atoms with van der Waals surface area (Å²) in [6, 6.07) is -0.291. The number of morpholine rings is 1. The van der Waals surface area contributed by atoms with E-state index in [0.29, 0.717) is 19.8 Å². The van der Waals surface area contributed by atoms with Crippen molar-refractivity contribution in [2.24, 2.45) is 0 Å². The van der Waals surface area contributed by atoms with E-state index >= 15 is 0 Å². The van der Waals surface area contributed by atoms with Crippen molar-refractivity contribution >= 4 is 5.97 Å². The average Bonchev–Trinajstić information content (AvgIpc) is 2.25. The predicted octanol–water partition coefficient (Wildman–Crippen LogP) is 0.197. The molecule has 2 unspecified atom stereocenters. The van der Waals surface area contributed by atoms with Crippen molar-refractivity contribution in [1.29, 1.82) is 0 Å². The van der Waals surface area contributed by atoms with Crippen LogP contribution in [0.3, 0.4) is 0 Å². The first kappa shape index (κ1) is 12.4. The lowest BCUT2D eigenvalue weighted by molar-refractivity contribution is -0.151. The summed E-state index contributed by atoms with van der Waals surface area (Å²) in [5.41, 5.74) is 0. The first-order valence-electron chi connectivity index (χ1n) is 5.22. The fraction of sp³-hybridized carbons (Fsp3) is 0.900. The lowest BCUT2D eigenvalue weighted by Crippen LogP contribution is -2.53. The van der Waals surface area contributed by atoms with Crippen molar-refractivity contribution in [1.82, 2.24) is 4.90 Å². The molecule has 0 radical (unpaired) electrons. The van der Waals surface area contributed by atoms with Gasteiger partial charge in [-0.05, 0) is 13.3 Å². The van der Waals surface area contributed by atoms with Crippen LogP contribution in [0.2, 0.25) is 0 Å². The Morgan fingerprint density at radius 1 is 1.73 bits per heavy atom. The zero-order valence-electron chi connectivity index (χ0n) is 9.31. The van der Waals surface area contributed by atoms with Gasteiger partial charge in [0.2, 0.25) is 0 Å². The second kappa shape index (κ2) is 6.05. The van der Waals surface area contributed by atoms with E-state index in [2.05, 4.69) is 0 Å². The number of rotatable bonds is 5. The zero-order valence-corrected chi connectivity index (χ0v) is 9.31. The molecule has 1 fully saturated rings. The molecule has 2 atom stereocenters. The van der Waals surface area contributed by atoms with Gasteiger partial charge in [-0.1, -0.05) is 0 Å². The van der Waals surface area contributed by atoms with Gasteiger partial charge in [0.05, 0.1) is 13.2 Å². The van der Waals surface area contributed by atoms with E-state index in [1.54, 1.807) is 7.11 Å². The van der Waals surface area contributed by atoms with Gasteiger partial charge >= 0.3 is 5.97 Å². The highest BCUT2D eigenvalue weighted by Crippen LogP contribution is 2.13. The molecule has 5 heteroatoms. The quantitative estimate of drug-likeness (QED) is 0.712. The Hall–Kier alpha value is -0.650. The molecule has 0 bridgehead atoms. The van der Waals surface area contributed by atoms with Crippen LogP contribution in [0.5, 0.6) is 0 Å². The van der Waals surface area contributed by atoms with Crippen LogP contribution in [0.4, 0.5) is 0 Å². The number of ether oxygens (including phenoxy) is 2. The maximum absolute atomic E-state index is 11.0. The third-order valence-corrected chi connectivity index (χ3v) is 2.76. The Morgan fingerprint density at radius 2 is 2.47 bits per heavy atom. The number of carbonyl (C=O) groups is 1. The Balaban J connectivity index is 2.51. The van der Waals surface area contributed by atoms with Crippen molar-refractivity contribution < 1.29 is 19.4 Å². The molecule has 1 saturated heterocycles. The summed E-state index contributed by atoms with van der Waals surface area (Å²) in [5, 5.41) is 9.03. The second-order valence-electron chi connectivity index (χ2n) is 3.80. The van der Waals surface area contributed by atoms with Gasteiger partial charge in [-0.2, -0.15) is 0 Å². The van der Waals surface area contributed by atoms with Crippen molar-refractivity contribution in [3.63, 3.8) is 0 Å². The number of carboxylic acid groups (broad SMARTS) is 1. The van der Waals surface area contributed by atoms with Crippen LogP contribution >= 0.6 is 0 Å². The summed E-state index contributed by atoms with van der Waals surface area (Å²) in [5.74, 6) is -0.807. The van der Waals surface area contributed by atoms with Crippen LogP contribution in [0, 0.1) is 0 Å². The molecule has 0 saturated carbocycles. The van der Waals surface area contributed by atoms with E-state index in [1.165, 1.54) is 0 Å². The van der Waals surface area contributed by atoms with Gasteiger partial charge in [0.1, 0.15) is 6.04 Å². The number of carboxylic acids is 1. The number of hydrogen-bond donors (Lipinski definition) is 1. The summed E-state index contributed by atoms with van der Waals surface area (Å²) >= 11 is 0. The van der Waals surface area contributed by atoms with Gasteiger partial charge < -0.3 is 14.6 Å². The highest BCUT2D eigenvalue weighted by molar-refractivity contribution is 5.73. The largest absolute Gasteiger partial charge is 0.480 e. The molecular formula is C10H19NO4. The summed E-state index contributed by atoms with van der Waals surface area (Å²) in [6.45, 7) is 4.26. The molecule has 0 aromatic carbocycles. The number of methoxy groups -OCH3 is 1. The smallest absolute Gasteiger partial charge is 0.323 e. The molecule has 0 aromatic rings. The Labute approximate surface area is 90.0 Å². The molecule has 0 aliphatic carbocycles.